The van der Waals surface area contributed by atoms with Crippen LogP contribution in [0.25, 0.3) is 33.1 Å². The van der Waals surface area contributed by atoms with Crippen LogP contribution < -0.4 is 5.32 Å². The normalized spacial score (nSPS) is 16.2. The summed E-state index contributed by atoms with van der Waals surface area (Å²) in [6.45, 7) is 0.782. The third-order valence-electron chi connectivity index (χ3n) is 7.95. The SMILES string of the molecule is COC(=O)Nc1nc2c(Cl)c(-c3cccc(CC(=O)[C@@H]4C[C@@H](F)CN4C(=O)Cn4nc(C(C)=O)c5ccccc54)c3F)ccc2[nH]1. The molecule has 6 rings (SSSR count). The fraction of sp³-hybridized carbons (Fsp3) is 0.250. The van der Waals surface area contributed by atoms with E-state index in [1.807, 2.05) is 0 Å². The van der Waals surface area contributed by atoms with Gasteiger partial charge in [0.15, 0.2) is 11.6 Å². The highest BCUT2D eigenvalue weighted by Gasteiger charge is 2.40. The number of hydrogen-bond acceptors (Lipinski definition) is 7. The summed E-state index contributed by atoms with van der Waals surface area (Å²) in [5, 5.41) is 7.40. The van der Waals surface area contributed by atoms with Crippen molar-refractivity contribution in [2.24, 2.45) is 0 Å². The number of aromatic nitrogens is 4. The van der Waals surface area contributed by atoms with Crippen LogP contribution >= 0.6 is 11.6 Å². The number of imidazole rings is 1. The summed E-state index contributed by atoms with van der Waals surface area (Å²) >= 11 is 6.61. The molecule has 3 aromatic carbocycles. The van der Waals surface area contributed by atoms with Crippen molar-refractivity contribution in [3.8, 4) is 11.1 Å². The number of Topliss-reactive ketones (excluding diaryl/α,β-unsaturated/α-hetero) is 2. The number of amides is 2. The molecule has 1 aliphatic rings. The Kier molecular flexibility index (Phi) is 8.26. The summed E-state index contributed by atoms with van der Waals surface area (Å²) in [6, 6.07) is 13.6. The van der Waals surface area contributed by atoms with Crippen LogP contribution in [0, 0.1) is 5.82 Å². The Balaban J connectivity index is 1.23. The summed E-state index contributed by atoms with van der Waals surface area (Å²) in [5.41, 5.74) is 1.99. The molecule has 3 heterocycles. The number of ketones is 2. The number of benzene rings is 3. The zero-order valence-electron chi connectivity index (χ0n) is 24.6. The molecule has 2 atom stereocenters. The van der Waals surface area contributed by atoms with Crippen molar-refractivity contribution in [2.75, 3.05) is 19.0 Å². The van der Waals surface area contributed by atoms with Crippen LogP contribution in [0.2, 0.25) is 5.02 Å². The molecule has 1 saturated heterocycles. The molecule has 0 bridgehead atoms. The monoisotopic (exact) mass is 648 g/mol. The highest BCUT2D eigenvalue weighted by atomic mass is 35.5. The number of nitrogens with zero attached hydrogens (tertiary/aromatic N) is 4. The van der Waals surface area contributed by atoms with Gasteiger partial charge in [-0.2, -0.15) is 5.10 Å². The molecule has 2 aromatic heterocycles. The largest absolute Gasteiger partial charge is 0.453 e. The Labute approximate surface area is 265 Å². The molecule has 14 heteroatoms. The average Bonchev–Trinajstić information content (AvgIpc) is 3.74. The summed E-state index contributed by atoms with van der Waals surface area (Å²) in [4.78, 5) is 58.9. The third kappa shape index (κ3) is 5.69. The summed E-state index contributed by atoms with van der Waals surface area (Å²) in [6.07, 6.45) is -2.78. The van der Waals surface area contributed by atoms with E-state index in [2.05, 4.69) is 25.1 Å². The highest BCUT2D eigenvalue weighted by Crippen LogP contribution is 2.36. The van der Waals surface area contributed by atoms with E-state index in [-0.39, 0.29) is 58.6 Å². The third-order valence-corrected chi connectivity index (χ3v) is 8.33. The number of carbonyl (C=O) groups excluding carboxylic acids is 4. The molecular formula is C32H27ClF2N6O5. The van der Waals surface area contributed by atoms with E-state index >= 15 is 4.39 Å². The van der Waals surface area contributed by atoms with E-state index in [1.54, 1.807) is 42.5 Å². The van der Waals surface area contributed by atoms with Gasteiger partial charge in [0.2, 0.25) is 11.9 Å². The van der Waals surface area contributed by atoms with Crippen molar-refractivity contribution in [2.45, 2.75) is 38.5 Å². The molecule has 0 unspecified atom stereocenters. The van der Waals surface area contributed by atoms with Gasteiger partial charge in [0.25, 0.3) is 0 Å². The van der Waals surface area contributed by atoms with E-state index in [4.69, 9.17) is 11.6 Å². The lowest BCUT2D eigenvalue weighted by atomic mass is 9.96. The number of carbonyl (C=O) groups is 4. The number of aromatic amines is 1. The van der Waals surface area contributed by atoms with Gasteiger partial charge in [-0.3, -0.25) is 24.4 Å². The quantitative estimate of drug-likeness (QED) is 0.212. The van der Waals surface area contributed by atoms with Gasteiger partial charge >= 0.3 is 6.09 Å². The molecular weight excluding hydrogens is 622 g/mol. The standard InChI is InChI=1S/C32H27ClF2N6O5/c1-16(42)29-21-7-3-4-9-23(21)41(39-29)15-26(44)40-14-18(34)13-24(40)25(43)12-17-6-5-8-20(28(17)35)19-10-11-22-30(27(19)33)37-31(36-22)38-32(45)46-2/h3-11,18,24H,12-15H2,1-2H3,(H2,36,37,38,45)/t18-,24+/m1/s1. The second-order valence-corrected chi connectivity index (χ2v) is 11.3. The number of para-hydroxylation sites is 1. The molecule has 0 radical (unpaired) electrons. The predicted octanol–water partition coefficient (Wildman–Crippen LogP) is 5.50. The zero-order valence-corrected chi connectivity index (χ0v) is 25.4. The Morgan fingerprint density at radius 3 is 2.63 bits per heavy atom. The van der Waals surface area contributed by atoms with E-state index in [9.17, 15) is 23.6 Å². The van der Waals surface area contributed by atoms with E-state index in [0.717, 1.165) is 0 Å². The van der Waals surface area contributed by atoms with Crippen LogP contribution in [0.3, 0.4) is 0 Å². The van der Waals surface area contributed by atoms with Crippen molar-refractivity contribution in [1.29, 1.82) is 0 Å². The van der Waals surface area contributed by atoms with Gasteiger partial charge in [-0.25, -0.2) is 18.6 Å². The molecule has 236 valence electrons. The first kappa shape index (κ1) is 30.8. The number of methoxy groups -OCH3 is 1. The second-order valence-electron chi connectivity index (χ2n) is 10.9. The summed E-state index contributed by atoms with van der Waals surface area (Å²) < 4.78 is 36.6. The van der Waals surface area contributed by atoms with Crippen LogP contribution in [0.4, 0.5) is 19.5 Å². The Morgan fingerprint density at radius 2 is 1.87 bits per heavy atom. The van der Waals surface area contributed by atoms with Gasteiger partial charge in [-0.1, -0.05) is 54.1 Å². The number of rotatable bonds is 8. The van der Waals surface area contributed by atoms with Gasteiger partial charge in [-0.15, -0.1) is 0 Å². The average molecular weight is 649 g/mol. The number of anilines is 1. The minimum Gasteiger partial charge on any atom is -0.453 e. The maximum Gasteiger partial charge on any atom is 0.413 e. The number of ether oxygens (including phenoxy) is 1. The number of fused-ring (bicyclic) bond motifs is 2. The van der Waals surface area contributed by atoms with Crippen molar-refractivity contribution in [1.82, 2.24) is 24.6 Å². The molecule has 0 saturated carbocycles. The van der Waals surface area contributed by atoms with Crippen LogP contribution in [0.1, 0.15) is 29.4 Å². The number of H-pyrrole nitrogens is 1. The maximum absolute atomic E-state index is 15.9. The zero-order chi connectivity index (χ0) is 32.7. The van der Waals surface area contributed by atoms with E-state index in [1.165, 1.54) is 35.7 Å². The molecule has 2 amide bonds. The lowest BCUT2D eigenvalue weighted by molar-refractivity contribution is -0.138. The van der Waals surface area contributed by atoms with Gasteiger partial charge in [0.1, 0.15) is 29.7 Å². The van der Waals surface area contributed by atoms with Crippen molar-refractivity contribution in [3.05, 3.63) is 76.7 Å². The van der Waals surface area contributed by atoms with Gasteiger partial charge in [0.05, 0.1) is 35.8 Å². The van der Waals surface area contributed by atoms with Gasteiger partial charge in [0, 0.05) is 36.3 Å². The molecule has 5 aromatic rings. The molecule has 11 nitrogen and oxygen atoms in total. The van der Waals surface area contributed by atoms with Gasteiger partial charge < -0.3 is 14.6 Å². The summed E-state index contributed by atoms with van der Waals surface area (Å²) in [7, 11) is 1.20. The first-order valence-corrected chi connectivity index (χ1v) is 14.7. The second kappa shape index (κ2) is 12.3. The van der Waals surface area contributed by atoms with E-state index < -0.39 is 42.2 Å². The van der Waals surface area contributed by atoms with Crippen molar-refractivity contribution in [3.63, 3.8) is 0 Å². The summed E-state index contributed by atoms with van der Waals surface area (Å²) in [5.74, 6) is -1.95. The predicted molar refractivity (Wildman–Crippen MR) is 166 cm³/mol. The Bertz CT molecular complexity index is 2040. The first-order valence-electron chi connectivity index (χ1n) is 14.3. The minimum absolute atomic E-state index is 0.0487. The van der Waals surface area contributed by atoms with Gasteiger partial charge in [-0.05, 0) is 17.7 Å². The molecule has 0 spiro atoms. The van der Waals surface area contributed by atoms with Crippen LogP contribution in [0.5, 0.6) is 0 Å². The fourth-order valence-corrected chi connectivity index (χ4v) is 6.09. The fourth-order valence-electron chi connectivity index (χ4n) is 5.78. The molecule has 0 aliphatic carbocycles. The van der Waals surface area contributed by atoms with Crippen LogP contribution in [0.15, 0.2) is 54.6 Å². The number of alkyl halides is 1. The Hall–Kier alpha value is -5.17. The van der Waals surface area contributed by atoms with E-state index in [0.29, 0.717) is 22.0 Å². The Morgan fingerprint density at radius 1 is 1.09 bits per heavy atom. The van der Waals surface area contributed by atoms with Crippen LogP contribution in [-0.2, 0) is 27.3 Å². The highest BCUT2D eigenvalue weighted by molar-refractivity contribution is 6.37. The molecule has 1 fully saturated rings. The number of nitrogens with one attached hydrogen (secondary N) is 2. The molecule has 1 aliphatic heterocycles. The first-order chi connectivity index (χ1) is 22.0. The minimum atomic E-state index is -1.44. The topological polar surface area (TPSA) is 139 Å². The van der Waals surface area contributed by atoms with Crippen molar-refractivity contribution < 1.29 is 32.7 Å². The lowest BCUT2D eigenvalue weighted by Gasteiger charge is -2.23. The smallest absolute Gasteiger partial charge is 0.413 e. The lowest BCUT2D eigenvalue weighted by Crippen LogP contribution is -2.43. The number of hydrogen-bond donors (Lipinski definition) is 2. The molecule has 2 N–H and O–H groups in total. The molecule has 46 heavy (non-hydrogen) atoms. The maximum atomic E-state index is 15.9. The van der Waals surface area contributed by atoms with Crippen molar-refractivity contribution >= 4 is 63.1 Å². The number of halogens is 3. The number of likely N-dealkylation sites (tertiary alicyclic amines) is 1. The van der Waals surface area contributed by atoms with Crippen LogP contribution in [-0.4, -0.2) is 74.1 Å².